The van der Waals surface area contributed by atoms with Crippen LogP contribution >= 0.6 is 0 Å². The van der Waals surface area contributed by atoms with Crippen LogP contribution in [0.3, 0.4) is 0 Å². The molecule has 1 heterocycles. The Balaban J connectivity index is 2.17. The summed E-state index contributed by atoms with van der Waals surface area (Å²) < 4.78 is 25.6. The molecule has 0 aromatic heterocycles. The molecule has 24 heavy (non-hydrogen) atoms. The molecule has 0 radical (unpaired) electrons. The smallest absolute Gasteiger partial charge is 0.229 e. The first-order valence-electron chi connectivity index (χ1n) is 8.48. The Morgan fingerprint density at radius 3 is 2.79 bits per heavy atom. The molecule has 134 valence electrons. The lowest BCUT2D eigenvalue weighted by molar-refractivity contribution is 0.266. The first-order valence-corrected chi connectivity index (χ1v) is 10.4. The van der Waals surface area contributed by atoms with Crippen molar-refractivity contribution < 1.29 is 8.42 Å². The third kappa shape index (κ3) is 5.70. The van der Waals surface area contributed by atoms with Crippen molar-refractivity contribution in [2.45, 2.75) is 33.2 Å². The third-order valence-electron chi connectivity index (χ3n) is 4.00. The van der Waals surface area contributed by atoms with Gasteiger partial charge in [-0.25, -0.2) is 13.4 Å². The highest BCUT2D eigenvalue weighted by molar-refractivity contribution is 7.92. The average molecular weight is 353 g/mol. The predicted molar refractivity (Wildman–Crippen MR) is 99.7 cm³/mol. The number of sulfonamides is 1. The number of benzene rings is 1. The lowest BCUT2D eigenvalue weighted by Gasteiger charge is -2.33. The summed E-state index contributed by atoms with van der Waals surface area (Å²) >= 11 is 0. The van der Waals surface area contributed by atoms with Gasteiger partial charge in [0, 0.05) is 19.6 Å². The van der Waals surface area contributed by atoms with E-state index in [1.165, 1.54) is 12.8 Å². The molecule has 0 amide bonds. The molecule has 1 saturated heterocycles. The van der Waals surface area contributed by atoms with Crippen LogP contribution in [-0.4, -0.2) is 45.2 Å². The summed E-state index contributed by atoms with van der Waals surface area (Å²) in [6, 6.07) is 7.38. The summed E-state index contributed by atoms with van der Waals surface area (Å²) in [7, 11) is -3.30. The van der Waals surface area contributed by atoms with Gasteiger partial charge < -0.3 is 10.2 Å². The van der Waals surface area contributed by atoms with Gasteiger partial charge in [-0.05, 0) is 37.3 Å². The highest BCUT2D eigenvalue weighted by Gasteiger charge is 2.19. The molecule has 0 spiro atoms. The Bertz CT molecular complexity index is 673. The molecule has 1 aromatic rings. The number of nitrogens with zero attached hydrogens (tertiary/aromatic N) is 2. The van der Waals surface area contributed by atoms with Crippen LogP contribution in [0.1, 0.15) is 32.3 Å². The Kier molecular flexibility index (Phi) is 6.48. The standard InChI is InChI=1S/C17H28N4O2S/c1-4-18-17(21-11-7-8-14(2)13-21)19-12-15-9-5-6-10-16(15)20-24(3,22)23/h5-6,9-10,14,20H,4,7-8,11-13H2,1-3H3,(H,18,19). The molecule has 1 atom stereocenters. The minimum atomic E-state index is -3.30. The van der Waals surface area contributed by atoms with Crippen LogP contribution in [0.25, 0.3) is 0 Å². The lowest BCUT2D eigenvalue weighted by atomic mass is 10.0. The molecule has 0 aliphatic carbocycles. The van der Waals surface area contributed by atoms with Gasteiger partial charge in [-0.15, -0.1) is 0 Å². The minimum absolute atomic E-state index is 0.436. The predicted octanol–water partition coefficient (Wildman–Crippen LogP) is 2.26. The van der Waals surface area contributed by atoms with E-state index in [0.717, 1.165) is 37.4 Å². The lowest BCUT2D eigenvalue weighted by Crippen LogP contribution is -2.46. The van der Waals surface area contributed by atoms with Crippen molar-refractivity contribution in [1.29, 1.82) is 0 Å². The van der Waals surface area contributed by atoms with E-state index in [1.807, 2.05) is 18.2 Å². The van der Waals surface area contributed by atoms with E-state index in [0.29, 0.717) is 18.2 Å². The maximum absolute atomic E-state index is 11.5. The van der Waals surface area contributed by atoms with Gasteiger partial charge in [0.1, 0.15) is 0 Å². The fraction of sp³-hybridized carbons (Fsp3) is 0.588. The summed E-state index contributed by atoms with van der Waals surface area (Å²) in [5.41, 5.74) is 1.45. The second-order valence-corrected chi connectivity index (χ2v) is 8.14. The number of para-hydroxylation sites is 1. The minimum Gasteiger partial charge on any atom is -0.357 e. The summed E-state index contributed by atoms with van der Waals surface area (Å²) in [6.45, 7) is 7.59. The van der Waals surface area contributed by atoms with Gasteiger partial charge in [-0.2, -0.15) is 0 Å². The van der Waals surface area contributed by atoms with Gasteiger partial charge in [-0.3, -0.25) is 4.72 Å². The Morgan fingerprint density at radius 1 is 1.38 bits per heavy atom. The monoisotopic (exact) mass is 352 g/mol. The van der Waals surface area contributed by atoms with Crippen LogP contribution in [0, 0.1) is 5.92 Å². The van der Waals surface area contributed by atoms with Gasteiger partial charge in [0.2, 0.25) is 10.0 Å². The number of hydrogen-bond donors (Lipinski definition) is 2. The maximum atomic E-state index is 11.5. The molecule has 1 aromatic carbocycles. The van der Waals surface area contributed by atoms with E-state index >= 15 is 0 Å². The summed E-state index contributed by atoms with van der Waals surface area (Å²) in [6.07, 6.45) is 3.60. The number of rotatable bonds is 5. The molecule has 1 aliphatic rings. The quantitative estimate of drug-likeness (QED) is 0.630. The number of piperidine rings is 1. The number of guanidine groups is 1. The van der Waals surface area contributed by atoms with Crippen molar-refractivity contribution in [2.24, 2.45) is 10.9 Å². The molecule has 1 fully saturated rings. The van der Waals surface area contributed by atoms with Crippen LogP contribution in [0.15, 0.2) is 29.3 Å². The molecule has 1 unspecified atom stereocenters. The highest BCUT2D eigenvalue weighted by Crippen LogP contribution is 2.19. The van der Waals surface area contributed by atoms with Gasteiger partial charge in [0.05, 0.1) is 18.5 Å². The van der Waals surface area contributed by atoms with Crippen molar-refractivity contribution >= 4 is 21.7 Å². The zero-order chi connectivity index (χ0) is 17.6. The molecule has 2 rings (SSSR count). The SMILES string of the molecule is CCNC(=NCc1ccccc1NS(C)(=O)=O)N1CCCC(C)C1. The third-order valence-corrected chi connectivity index (χ3v) is 4.59. The van der Waals surface area contributed by atoms with E-state index in [9.17, 15) is 8.42 Å². The average Bonchev–Trinajstić information content (AvgIpc) is 2.51. The fourth-order valence-electron chi connectivity index (χ4n) is 2.93. The molecule has 0 bridgehead atoms. The Morgan fingerprint density at radius 2 is 2.12 bits per heavy atom. The number of nitrogens with one attached hydrogen (secondary N) is 2. The van der Waals surface area contributed by atoms with Crippen molar-refractivity contribution in [1.82, 2.24) is 10.2 Å². The van der Waals surface area contributed by atoms with E-state index in [1.54, 1.807) is 6.07 Å². The van der Waals surface area contributed by atoms with Crippen LogP contribution in [0.4, 0.5) is 5.69 Å². The van der Waals surface area contributed by atoms with Crippen molar-refractivity contribution in [2.75, 3.05) is 30.6 Å². The Labute approximate surface area is 145 Å². The second-order valence-electron chi connectivity index (χ2n) is 6.39. The molecular weight excluding hydrogens is 324 g/mol. The van der Waals surface area contributed by atoms with E-state index in [2.05, 4.69) is 28.8 Å². The first kappa shape index (κ1) is 18.6. The second kappa shape index (κ2) is 8.37. The first-order chi connectivity index (χ1) is 11.4. The number of likely N-dealkylation sites (tertiary alicyclic amines) is 1. The highest BCUT2D eigenvalue weighted by atomic mass is 32.2. The van der Waals surface area contributed by atoms with Crippen molar-refractivity contribution in [3.8, 4) is 0 Å². The van der Waals surface area contributed by atoms with Crippen LogP contribution < -0.4 is 10.0 Å². The van der Waals surface area contributed by atoms with Gasteiger partial charge >= 0.3 is 0 Å². The number of hydrogen-bond acceptors (Lipinski definition) is 3. The zero-order valence-corrected chi connectivity index (χ0v) is 15.6. The molecular formula is C17H28N4O2S. The Hall–Kier alpha value is -1.76. The van der Waals surface area contributed by atoms with Gasteiger partial charge in [0.25, 0.3) is 0 Å². The zero-order valence-electron chi connectivity index (χ0n) is 14.7. The van der Waals surface area contributed by atoms with Gasteiger partial charge in [-0.1, -0.05) is 25.1 Å². The van der Waals surface area contributed by atoms with Crippen LogP contribution in [0.2, 0.25) is 0 Å². The van der Waals surface area contributed by atoms with Crippen LogP contribution in [-0.2, 0) is 16.6 Å². The number of aliphatic imine (C=N–C) groups is 1. The summed E-state index contributed by atoms with van der Waals surface area (Å²) in [5, 5.41) is 3.35. The van der Waals surface area contributed by atoms with Crippen molar-refractivity contribution in [3.05, 3.63) is 29.8 Å². The van der Waals surface area contributed by atoms with E-state index in [-0.39, 0.29) is 0 Å². The van der Waals surface area contributed by atoms with Crippen LogP contribution in [0.5, 0.6) is 0 Å². The molecule has 1 aliphatic heterocycles. The van der Waals surface area contributed by atoms with E-state index < -0.39 is 10.0 Å². The number of anilines is 1. The summed E-state index contributed by atoms with van der Waals surface area (Å²) in [4.78, 5) is 7.03. The molecule has 0 saturated carbocycles. The largest absolute Gasteiger partial charge is 0.357 e. The molecule has 6 nitrogen and oxygen atoms in total. The maximum Gasteiger partial charge on any atom is 0.229 e. The fourth-order valence-corrected chi connectivity index (χ4v) is 3.52. The topological polar surface area (TPSA) is 73.8 Å². The summed E-state index contributed by atoms with van der Waals surface area (Å²) in [5.74, 6) is 1.57. The van der Waals surface area contributed by atoms with E-state index in [4.69, 9.17) is 4.99 Å². The molecule has 7 heteroatoms. The normalized spacial score (nSPS) is 19.2. The molecule has 2 N–H and O–H groups in total. The van der Waals surface area contributed by atoms with Gasteiger partial charge in [0.15, 0.2) is 5.96 Å². The van der Waals surface area contributed by atoms with Crippen molar-refractivity contribution in [3.63, 3.8) is 0 Å².